The topological polar surface area (TPSA) is 78.9 Å². The largest absolute Gasteiger partial charge is 0.466 e. The summed E-state index contributed by atoms with van der Waals surface area (Å²) in [6.07, 6.45) is 1.69. The molecule has 2 N–H and O–H groups in total. The summed E-state index contributed by atoms with van der Waals surface area (Å²) in [5.41, 5.74) is 1.59. The summed E-state index contributed by atoms with van der Waals surface area (Å²) in [7, 11) is 1.33. The molecule has 4 rings (SSSR count). The molecule has 10 heteroatoms. The summed E-state index contributed by atoms with van der Waals surface area (Å²) in [4.78, 5) is 24.2. The standard InChI is InChI=1S/C20H21ClFN5O2S/c1-29-20(28)16-15(11-27-7-4-23-5-8-27)25-18(19-24-6-9-30-19)26-17(16)13-3-2-12(22)10-14(13)21/h2-3,6,9-10,17,23H,4-5,7-8,11H2,1H3,(H,25,26)/t17-/m0/s1. The van der Waals surface area contributed by atoms with Gasteiger partial charge in [-0.3, -0.25) is 9.89 Å². The molecule has 1 atom stereocenters. The summed E-state index contributed by atoms with van der Waals surface area (Å²) < 4.78 is 18.7. The van der Waals surface area contributed by atoms with Crippen molar-refractivity contribution in [3.63, 3.8) is 0 Å². The lowest BCUT2D eigenvalue weighted by molar-refractivity contribution is -0.136. The van der Waals surface area contributed by atoms with Gasteiger partial charge in [0.15, 0.2) is 10.8 Å². The molecule has 0 unspecified atom stereocenters. The first-order chi connectivity index (χ1) is 14.6. The SMILES string of the molecule is COC(=O)C1=C(CN2CCNCC2)NC(c2nccs2)=N[C@H]1c1ccc(F)cc1Cl. The van der Waals surface area contributed by atoms with Crippen LogP contribution in [0.2, 0.25) is 5.02 Å². The molecule has 3 heterocycles. The highest BCUT2D eigenvalue weighted by atomic mass is 35.5. The molecule has 30 heavy (non-hydrogen) atoms. The highest BCUT2D eigenvalue weighted by molar-refractivity contribution is 7.11. The summed E-state index contributed by atoms with van der Waals surface area (Å²) in [6, 6.07) is 3.36. The molecule has 0 spiro atoms. The van der Waals surface area contributed by atoms with Crippen LogP contribution in [0.15, 0.2) is 46.0 Å². The lowest BCUT2D eigenvalue weighted by Gasteiger charge is -2.32. The van der Waals surface area contributed by atoms with E-state index in [2.05, 4.69) is 20.5 Å². The molecule has 158 valence electrons. The molecule has 1 aromatic heterocycles. The van der Waals surface area contributed by atoms with Crippen LogP contribution in [-0.2, 0) is 9.53 Å². The number of hydrogen-bond donors (Lipinski definition) is 2. The quantitative estimate of drug-likeness (QED) is 0.682. The number of methoxy groups -OCH3 is 1. The number of thiazole rings is 1. The Morgan fingerprint density at radius 2 is 2.20 bits per heavy atom. The van der Waals surface area contributed by atoms with Crippen molar-refractivity contribution in [1.29, 1.82) is 0 Å². The van der Waals surface area contributed by atoms with E-state index in [4.69, 9.17) is 21.3 Å². The highest BCUT2D eigenvalue weighted by Gasteiger charge is 2.34. The smallest absolute Gasteiger partial charge is 0.338 e. The lowest BCUT2D eigenvalue weighted by Crippen LogP contribution is -2.47. The molecular formula is C20H21ClFN5O2S. The second kappa shape index (κ2) is 9.22. The molecule has 2 aromatic rings. The van der Waals surface area contributed by atoms with E-state index in [9.17, 15) is 9.18 Å². The first-order valence-corrected chi connectivity index (χ1v) is 10.8. The van der Waals surface area contributed by atoms with Gasteiger partial charge in [-0.25, -0.2) is 14.2 Å². The van der Waals surface area contributed by atoms with Crippen LogP contribution >= 0.6 is 22.9 Å². The molecular weight excluding hydrogens is 429 g/mol. The molecule has 0 radical (unpaired) electrons. The minimum atomic E-state index is -0.733. The van der Waals surface area contributed by atoms with Gasteiger partial charge in [-0.05, 0) is 12.1 Å². The van der Waals surface area contributed by atoms with Crippen molar-refractivity contribution in [3.05, 3.63) is 62.5 Å². The number of esters is 1. The Morgan fingerprint density at radius 1 is 1.40 bits per heavy atom. The maximum absolute atomic E-state index is 13.7. The molecule has 1 fully saturated rings. The van der Waals surface area contributed by atoms with Gasteiger partial charge in [-0.2, -0.15) is 0 Å². The normalized spacial score (nSPS) is 20.0. The van der Waals surface area contributed by atoms with Gasteiger partial charge in [0.25, 0.3) is 0 Å². The third-order valence-electron chi connectivity index (χ3n) is 5.01. The Hall–Kier alpha value is -2.33. The number of ether oxygens (including phenoxy) is 1. The highest BCUT2D eigenvalue weighted by Crippen LogP contribution is 2.36. The van der Waals surface area contributed by atoms with Crippen LogP contribution in [0.3, 0.4) is 0 Å². The Bertz CT molecular complexity index is 989. The number of nitrogens with one attached hydrogen (secondary N) is 2. The second-order valence-electron chi connectivity index (χ2n) is 6.92. The average Bonchev–Trinajstić information content (AvgIpc) is 3.28. The fourth-order valence-corrected chi connectivity index (χ4v) is 4.42. The van der Waals surface area contributed by atoms with E-state index in [1.807, 2.05) is 5.38 Å². The first kappa shape index (κ1) is 20.9. The summed E-state index contributed by atoms with van der Waals surface area (Å²) in [5, 5.41) is 9.37. The van der Waals surface area contributed by atoms with Crippen LogP contribution in [0.5, 0.6) is 0 Å². The minimum Gasteiger partial charge on any atom is -0.466 e. The molecule has 2 aliphatic heterocycles. The van der Waals surface area contributed by atoms with Gasteiger partial charge < -0.3 is 15.4 Å². The number of rotatable bonds is 5. The Labute approximate surface area is 182 Å². The van der Waals surface area contributed by atoms with E-state index >= 15 is 0 Å². The number of halogens is 2. The zero-order chi connectivity index (χ0) is 21.1. The van der Waals surface area contributed by atoms with Crippen LogP contribution in [0.1, 0.15) is 16.6 Å². The number of piperazine rings is 1. The van der Waals surface area contributed by atoms with E-state index in [-0.39, 0.29) is 5.02 Å². The van der Waals surface area contributed by atoms with Crippen molar-refractivity contribution < 1.29 is 13.9 Å². The number of nitrogens with zero attached hydrogens (tertiary/aromatic N) is 3. The zero-order valence-electron chi connectivity index (χ0n) is 16.3. The van der Waals surface area contributed by atoms with Gasteiger partial charge in [0.1, 0.15) is 11.9 Å². The minimum absolute atomic E-state index is 0.201. The summed E-state index contributed by atoms with van der Waals surface area (Å²) in [5.74, 6) is -0.403. The van der Waals surface area contributed by atoms with Crippen LogP contribution in [0, 0.1) is 5.82 Å². The van der Waals surface area contributed by atoms with E-state index in [0.717, 1.165) is 26.2 Å². The number of aromatic nitrogens is 1. The lowest BCUT2D eigenvalue weighted by atomic mass is 9.95. The first-order valence-electron chi connectivity index (χ1n) is 9.51. The van der Waals surface area contributed by atoms with Gasteiger partial charge in [0, 0.05) is 60.6 Å². The molecule has 0 saturated carbocycles. The van der Waals surface area contributed by atoms with Crippen LogP contribution in [0.4, 0.5) is 4.39 Å². The van der Waals surface area contributed by atoms with Crippen molar-refractivity contribution in [2.24, 2.45) is 4.99 Å². The molecule has 0 aliphatic carbocycles. The molecule has 0 amide bonds. The molecule has 1 saturated heterocycles. The monoisotopic (exact) mass is 449 g/mol. The van der Waals surface area contributed by atoms with Gasteiger partial charge in [-0.15, -0.1) is 11.3 Å². The van der Waals surface area contributed by atoms with Gasteiger partial charge in [0.05, 0.1) is 12.7 Å². The number of benzene rings is 1. The molecule has 1 aromatic carbocycles. The zero-order valence-corrected chi connectivity index (χ0v) is 17.9. The van der Waals surface area contributed by atoms with Gasteiger partial charge in [0.2, 0.25) is 0 Å². The summed E-state index contributed by atoms with van der Waals surface area (Å²) >= 11 is 7.79. The van der Waals surface area contributed by atoms with E-state index in [0.29, 0.717) is 34.2 Å². The Morgan fingerprint density at radius 3 is 2.87 bits per heavy atom. The van der Waals surface area contributed by atoms with Gasteiger partial charge in [-0.1, -0.05) is 17.7 Å². The fraction of sp³-hybridized carbons (Fsp3) is 0.350. The number of aliphatic imine (C=N–C) groups is 1. The third kappa shape index (κ3) is 4.39. The van der Waals surface area contributed by atoms with E-state index in [1.54, 1.807) is 12.3 Å². The van der Waals surface area contributed by atoms with Crippen LogP contribution < -0.4 is 10.6 Å². The van der Waals surface area contributed by atoms with Crippen molar-refractivity contribution >= 4 is 34.7 Å². The van der Waals surface area contributed by atoms with Crippen molar-refractivity contribution in [1.82, 2.24) is 20.5 Å². The van der Waals surface area contributed by atoms with E-state index < -0.39 is 17.8 Å². The fourth-order valence-electron chi connectivity index (χ4n) is 3.56. The maximum Gasteiger partial charge on any atom is 0.338 e. The number of carbonyl (C=O) groups excluding carboxylic acids is 1. The van der Waals surface area contributed by atoms with E-state index in [1.165, 1.54) is 30.6 Å². The van der Waals surface area contributed by atoms with Crippen molar-refractivity contribution in [2.45, 2.75) is 6.04 Å². The molecule has 7 nitrogen and oxygen atoms in total. The van der Waals surface area contributed by atoms with Crippen molar-refractivity contribution in [3.8, 4) is 0 Å². The maximum atomic E-state index is 13.7. The van der Waals surface area contributed by atoms with Crippen LogP contribution in [0.25, 0.3) is 0 Å². The molecule has 0 bridgehead atoms. The average molecular weight is 450 g/mol. The molecule has 2 aliphatic rings. The third-order valence-corrected chi connectivity index (χ3v) is 6.12. The number of hydrogen-bond acceptors (Lipinski definition) is 8. The predicted octanol–water partition coefficient (Wildman–Crippen LogP) is 2.36. The second-order valence-corrected chi connectivity index (χ2v) is 8.22. The number of amidine groups is 1. The number of carbonyl (C=O) groups is 1. The van der Waals surface area contributed by atoms with Crippen molar-refractivity contribution in [2.75, 3.05) is 39.8 Å². The predicted molar refractivity (Wildman–Crippen MR) is 114 cm³/mol. The Kier molecular flexibility index (Phi) is 6.43. The van der Waals surface area contributed by atoms with Crippen LogP contribution in [-0.4, -0.2) is 61.5 Å². The van der Waals surface area contributed by atoms with Gasteiger partial charge >= 0.3 is 5.97 Å². The summed E-state index contributed by atoms with van der Waals surface area (Å²) in [6.45, 7) is 3.98. The Balaban J connectivity index is 1.81.